The Morgan fingerprint density at radius 1 is 1.00 bits per heavy atom. The summed E-state index contributed by atoms with van der Waals surface area (Å²) in [6, 6.07) is 10.1. The van der Waals surface area contributed by atoms with E-state index in [1.54, 1.807) is 0 Å². The molecule has 1 aromatic heterocycles. The maximum atomic E-state index is 6.13. The van der Waals surface area contributed by atoms with Gasteiger partial charge in [-0.1, -0.05) is 44.5 Å². The second kappa shape index (κ2) is 5.41. The highest BCUT2D eigenvalue weighted by molar-refractivity contribution is 6.29. The van der Waals surface area contributed by atoms with Gasteiger partial charge in [0.15, 0.2) is 0 Å². The minimum atomic E-state index is -0.122. The van der Waals surface area contributed by atoms with E-state index in [-0.39, 0.29) is 5.41 Å². The molecule has 106 valence electrons. The van der Waals surface area contributed by atoms with Crippen LogP contribution in [0.15, 0.2) is 30.3 Å². The van der Waals surface area contributed by atoms with E-state index in [9.17, 15) is 0 Å². The molecule has 1 heterocycles. The molecule has 0 aliphatic carbocycles. The standard InChI is InChI=1S/C16H20ClN3/c1-16(2,3)15-18-13(10-14(17)19-15)11-6-8-12(9-7-11)20(4)5/h6-10H,1-5H3. The molecule has 0 aliphatic rings. The van der Waals surface area contributed by atoms with E-state index in [4.69, 9.17) is 11.6 Å². The number of aromatic nitrogens is 2. The van der Waals surface area contributed by atoms with Crippen LogP contribution in [0.2, 0.25) is 5.15 Å². The van der Waals surface area contributed by atoms with Gasteiger partial charge in [-0.3, -0.25) is 0 Å². The van der Waals surface area contributed by atoms with Gasteiger partial charge < -0.3 is 4.90 Å². The van der Waals surface area contributed by atoms with Crippen molar-refractivity contribution >= 4 is 17.3 Å². The highest BCUT2D eigenvalue weighted by atomic mass is 35.5. The van der Waals surface area contributed by atoms with Crippen molar-refractivity contribution in [1.82, 2.24) is 9.97 Å². The number of halogens is 1. The zero-order chi connectivity index (χ0) is 14.9. The summed E-state index contributed by atoms with van der Waals surface area (Å²) in [6.45, 7) is 6.24. The van der Waals surface area contributed by atoms with E-state index in [1.807, 2.05) is 20.2 Å². The van der Waals surface area contributed by atoms with Gasteiger partial charge in [0.1, 0.15) is 11.0 Å². The van der Waals surface area contributed by atoms with E-state index in [2.05, 4.69) is 59.9 Å². The summed E-state index contributed by atoms with van der Waals surface area (Å²) < 4.78 is 0. The molecule has 0 aliphatic heterocycles. The molecule has 0 radical (unpaired) electrons. The van der Waals surface area contributed by atoms with Gasteiger partial charge in [0.2, 0.25) is 0 Å². The van der Waals surface area contributed by atoms with Gasteiger partial charge in [0.05, 0.1) is 5.69 Å². The lowest BCUT2D eigenvalue weighted by Gasteiger charge is -2.18. The number of nitrogens with zero attached hydrogens (tertiary/aromatic N) is 3. The van der Waals surface area contributed by atoms with Crippen molar-refractivity contribution < 1.29 is 0 Å². The summed E-state index contributed by atoms with van der Waals surface area (Å²) in [5.74, 6) is 0.761. The fraction of sp³-hybridized carbons (Fsp3) is 0.375. The van der Waals surface area contributed by atoms with Crippen LogP contribution in [0.3, 0.4) is 0 Å². The minimum absolute atomic E-state index is 0.122. The summed E-state index contributed by atoms with van der Waals surface area (Å²) in [4.78, 5) is 11.0. The Labute approximate surface area is 125 Å². The van der Waals surface area contributed by atoms with Gasteiger partial charge in [-0.25, -0.2) is 9.97 Å². The van der Waals surface area contributed by atoms with Crippen LogP contribution in [0, 0.1) is 0 Å². The molecule has 4 heteroatoms. The molecule has 2 rings (SSSR count). The number of anilines is 1. The monoisotopic (exact) mass is 289 g/mol. The molecule has 0 bridgehead atoms. The van der Waals surface area contributed by atoms with E-state index in [1.165, 1.54) is 0 Å². The third-order valence-electron chi connectivity index (χ3n) is 3.05. The SMILES string of the molecule is CN(C)c1ccc(-c2cc(Cl)nc(C(C)(C)C)n2)cc1. The lowest BCUT2D eigenvalue weighted by molar-refractivity contribution is 0.546. The second-order valence-corrected chi connectivity index (χ2v) is 6.48. The van der Waals surface area contributed by atoms with Crippen LogP contribution < -0.4 is 4.90 Å². The molecule has 2 aromatic rings. The Bertz CT molecular complexity index is 598. The molecule has 0 fully saturated rings. The average Bonchev–Trinajstić information content (AvgIpc) is 2.37. The van der Waals surface area contributed by atoms with Crippen LogP contribution in [-0.2, 0) is 5.41 Å². The van der Waals surface area contributed by atoms with Crippen LogP contribution in [0.1, 0.15) is 26.6 Å². The largest absolute Gasteiger partial charge is 0.378 e. The highest BCUT2D eigenvalue weighted by Crippen LogP contribution is 2.26. The van der Waals surface area contributed by atoms with Crippen LogP contribution in [0.4, 0.5) is 5.69 Å². The Morgan fingerprint density at radius 2 is 1.60 bits per heavy atom. The molecular formula is C16H20ClN3. The maximum absolute atomic E-state index is 6.13. The molecule has 0 unspecified atom stereocenters. The Morgan fingerprint density at radius 3 is 2.10 bits per heavy atom. The van der Waals surface area contributed by atoms with Gasteiger partial charge in [-0.15, -0.1) is 0 Å². The Balaban J connectivity index is 2.44. The van der Waals surface area contributed by atoms with Crippen LogP contribution in [0.5, 0.6) is 0 Å². The summed E-state index contributed by atoms with van der Waals surface area (Å²) in [7, 11) is 4.04. The van der Waals surface area contributed by atoms with E-state index < -0.39 is 0 Å². The van der Waals surface area contributed by atoms with Crippen molar-refractivity contribution in [3.63, 3.8) is 0 Å². The molecule has 3 nitrogen and oxygen atoms in total. The number of hydrogen-bond donors (Lipinski definition) is 0. The van der Waals surface area contributed by atoms with Gasteiger partial charge in [-0.05, 0) is 12.1 Å². The summed E-state index contributed by atoms with van der Waals surface area (Å²) in [5, 5.41) is 0.483. The molecule has 1 aromatic carbocycles. The lowest BCUT2D eigenvalue weighted by Crippen LogP contribution is -2.16. The third kappa shape index (κ3) is 3.28. The predicted molar refractivity (Wildman–Crippen MR) is 85.5 cm³/mol. The molecule has 0 atom stereocenters. The molecule has 20 heavy (non-hydrogen) atoms. The quantitative estimate of drug-likeness (QED) is 0.777. The summed E-state index contributed by atoms with van der Waals surface area (Å²) in [6.07, 6.45) is 0. The van der Waals surface area contributed by atoms with Gasteiger partial charge in [0, 0.05) is 36.8 Å². The van der Waals surface area contributed by atoms with Crippen molar-refractivity contribution in [2.24, 2.45) is 0 Å². The number of rotatable bonds is 2. The fourth-order valence-electron chi connectivity index (χ4n) is 1.83. The molecule has 0 N–H and O–H groups in total. The van der Waals surface area contributed by atoms with Crippen molar-refractivity contribution in [2.45, 2.75) is 26.2 Å². The topological polar surface area (TPSA) is 29.0 Å². The molecular weight excluding hydrogens is 270 g/mol. The zero-order valence-corrected chi connectivity index (χ0v) is 13.4. The first kappa shape index (κ1) is 14.8. The van der Waals surface area contributed by atoms with Crippen LogP contribution >= 0.6 is 11.6 Å². The molecule has 0 saturated carbocycles. The molecule has 0 spiro atoms. The average molecular weight is 290 g/mol. The van der Waals surface area contributed by atoms with Crippen LogP contribution in [0.25, 0.3) is 11.3 Å². The Hall–Kier alpha value is -1.61. The van der Waals surface area contributed by atoms with Gasteiger partial charge in [0.25, 0.3) is 0 Å². The van der Waals surface area contributed by atoms with Gasteiger partial charge in [-0.2, -0.15) is 0 Å². The van der Waals surface area contributed by atoms with Crippen molar-refractivity contribution in [2.75, 3.05) is 19.0 Å². The van der Waals surface area contributed by atoms with Crippen molar-refractivity contribution in [3.05, 3.63) is 41.3 Å². The summed E-state index contributed by atoms with van der Waals surface area (Å²) in [5.41, 5.74) is 2.94. The minimum Gasteiger partial charge on any atom is -0.378 e. The predicted octanol–water partition coefficient (Wildman–Crippen LogP) is 4.16. The van der Waals surface area contributed by atoms with Crippen molar-refractivity contribution in [1.29, 1.82) is 0 Å². The summed E-state index contributed by atoms with van der Waals surface area (Å²) >= 11 is 6.13. The van der Waals surface area contributed by atoms with Gasteiger partial charge >= 0.3 is 0 Å². The van der Waals surface area contributed by atoms with Crippen LogP contribution in [-0.4, -0.2) is 24.1 Å². The molecule has 0 saturated heterocycles. The third-order valence-corrected chi connectivity index (χ3v) is 3.24. The molecule has 0 amide bonds. The maximum Gasteiger partial charge on any atom is 0.136 e. The van der Waals surface area contributed by atoms with E-state index in [0.29, 0.717) is 5.15 Å². The Kier molecular flexibility index (Phi) is 4.00. The first-order valence-electron chi connectivity index (χ1n) is 6.60. The zero-order valence-electron chi connectivity index (χ0n) is 12.6. The lowest BCUT2D eigenvalue weighted by atomic mass is 9.95. The number of benzene rings is 1. The fourth-order valence-corrected chi connectivity index (χ4v) is 2.01. The van der Waals surface area contributed by atoms with Crippen molar-refractivity contribution in [3.8, 4) is 11.3 Å². The smallest absolute Gasteiger partial charge is 0.136 e. The van der Waals surface area contributed by atoms with E-state index >= 15 is 0 Å². The first-order valence-corrected chi connectivity index (χ1v) is 6.98. The van der Waals surface area contributed by atoms with E-state index in [0.717, 1.165) is 22.8 Å². The number of hydrogen-bond acceptors (Lipinski definition) is 3. The second-order valence-electron chi connectivity index (χ2n) is 6.09. The highest BCUT2D eigenvalue weighted by Gasteiger charge is 2.19. The normalized spacial score (nSPS) is 11.5. The first-order chi connectivity index (χ1) is 9.27.